The van der Waals surface area contributed by atoms with Gasteiger partial charge >= 0.3 is 36.1 Å². The van der Waals surface area contributed by atoms with Crippen molar-refractivity contribution in [2.45, 2.75) is 24.1 Å². The highest BCUT2D eigenvalue weighted by atomic mass is 19.4. The lowest BCUT2D eigenvalue weighted by Crippen LogP contribution is -2.65. The van der Waals surface area contributed by atoms with Gasteiger partial charge < -0.3 is 9.47 Å². The minimum atomic E-state index is -6.64. The molecule has 0 rings (SSSR count). The summed E-state index contributed by atoms with van der Waals surface area (Å²) in [6, 6.07) is 0. The maximum Gasteiger partial charge on any atom is 0.449 e. The molecule has 0 unspecified atom stereocenters. The van der Waals surface area contributed by atoms with E-state index in [-0.39, 0.29) is 7.11 Å². The van der Waals surface area contributed by atoms with Crippen molar-refractivity contribution in [1.29, 1.82) is 0 Å². The van der Waals surface area contributed by atoms with Crippen LogP contribution >= 0.6 is 0 Å². The summed E-state index contributed by atoms with van der Waals surface area (Å²) in [7, 11) is 0.0843. The van der Waals surface area contributed by atoms with E-state index in [4.69, 9.17) is 0 Å². The van der Waals surface area contributed by atoms with Gasteiger partial charge in [0.05, 0.1) is 7.11 Å². The maximum absolute atomic E-state index is 12.6. The molecule has 0 fully saturated rings. The van der Waals surface area contributed by atoms with Gasteiger partial charge in [0.1, 0.15) is 5.57 Å². The zero-order chi connectivity index (χ0) is 18.1. The number of methoxy groups -OCH3 is 1. The molecule has 0 atom stereocenters. The molecular weight excluding hydrogens is 343 g/mol. The van der Waals surface area contributed by atoms with Gasteiger partial charge in [-0.2, -0.15) is 39.5 Å². The second kappa shape index (κ2) is 5.68. The van der Waals surface area contributed by atoms with Gasteiger partial charge in [0.25, 0.3) is 0 Å². The Balaban J connectivity index is 6.08. The van der Waals surface area contributed by atoms with E-state index in [1.165, 1.54) is 0 Å². The summed E-state index contributed by atoms with van der Waals surface area (Å²) < 4.78 is 118. The average molecular weight is 348 g/mol. The summed E-state index contributed by atoms with van der Waals surface area (Å²) in [5.74, 6) is -6.30. The standard InChI is InChI=1S/C9H5F9O4/c1-3(7(10,11)12)4(19)22-6(5(20)21-2,8(13,14)15)9(16,17)18/h1H2,2H3. The molecule has 13 heteroatoms. The van der Waals surface area contributed by atoms with Gasteiger partial charge in [0.2, 0.25) is 0 Å². The summed E-state index contributed by atoms with van der Waals surface area (Å²) in [6.07, 6.45) is -18.9. The fourth-order valence-corrected chi connectivity index (χ4v) is 1.01. The van der Waals surface area contributed by atoms with Gasteiger partial charge in [-0.25, -0.2) is 9.59 Å². The number of ether oxygens (including phenoxy) is 2. The van der Waals surface area contributed by atoms with Crippen molar-refractivity contribution in [3.05, 3.63) is 12.2 Å². The molecule has 0 aliphatic heterocycles. The normalized spacial score (nSPS) is 13.5. The van der Waals surface area contributed by atoms with Crippen molar-refractivity contribution in [2.24, 2.45) is 0 Å². The highest BCUT2D eigenvalue weighted by Crippen LogP contribution is 2.47. The van der Waals surface area contributed by atoms with Gasteiger partial charge in [-0.3, -0.25) is 0 Å². The SMILES string of the molecule is C=C(C(=O)OC(C(=O)OC)(C(F)(F)F)C(F)(F)F)C(F)(F)F. The minimum Gasteiger partial charge on any atom is -0.466 e. The van der Waals surface area contributed by atoms with Crippen molar-refractivity contribution < 1.29 is 58.6 Å². The van der Waals surface area contributed by atoms with E-state index < -0.39 is 41.6 Å². The molecule has 0 aliphatic rings. The second-order valence-corrected chi connectivity index (χ2v) is 3.53. The number of carbonyl (C=O) groups excluding carboxylic acids is 2. The number of alkyl halides is 9. The smallest absolute Gasteiger partial charge is 0.449 e. The molecule has 0 heterocycles. The Morgan fingerprint density at radius 1 is 0.864 bits per heavy atom. The third-order valence-electron chi connectivity index (χ3n) is 2.11. The van der Waals surface area contributed by atoms with Crippen LogP contribution in [0.15, 0.2) is 12.2 Å². The van der Waals surface area contributed by atoms with Crippen molar-refractivity contribution in [1.82, 2.24) is 0 Å². The molecule has 0 aromatic rings. The fourth-order valence-electron chi connectivity index (χ4n) is 1.01. The van der Waals surface area contributed by atoms with Crippen LogP contribution in [0.4, 0.5) is 39.5 Å². The molecule has 0 amide bonds. The Bertz CT molecular complexity index is 457. The Morgan fingerprint density at radius 2 is 1.23 bits per heavy atom. The van der Waals surface area contributed by atoms with Crippen LogP contribution < -0.4 is 0 Å². The summed E-state index contributed by atoms with van der Waals surface area (Å²) in [4.78, 5) is 21.8. The first-order valence-corrected chi connectivity index (χ1v) is 4.73. The molecule has 0 radical (unpaired) electrons. The molecule has 4 nitrogen and oxygen atoms in total. The topological polar surface area (TPSA) is 52.6 Å². The van der Waals surface area contributed by atoms with Crippen LogP contribution in [-0.2, 0) is 19.1 Å². The zero-order valence-electron chi connectivity index (χ0n) is 10.2. The van der Waals surface area contributed by atoms with E-state index in [9.17, 15) is 49.1 Å². The monoisotopic (exact) mass is 348 g/mol. The number of hydrogen-bond donors (Lipinski definition) is 0. The van der Waals surface area contributed by atoms with Crippen LogP contribution in [-0.4, -0.2) is 43.2 Å². The number of halogens is 9. The van der Waals surface area contributed by atoms with Crippen molar-refractivity contribution in [2.75, 3.05) is 7.11 Å². The first kappa shape index (κ1) is 20.1. The maximum atomic E-state index is 12.6. The molecule has 0 aromatic heterocycles. The van der Waals surface area contributed by atoms with E-state index in [1.807, 2.05) is 6.58 Å². The molecule has 0 saturated heterocycles. The highest BCUT2D eigenvalue weighted by Gasteiger charge is 2.80. The summed E-state index contributed by atoms with van der Waals surface area (Å²) in [5, 5.41) is 0. The van der Waals surface area contributed by atoms with E-state index in [1.54, 1.807) is 0 Å². The Kier molecular flexibility index (Phi) is 5.18. The number of esters is 2. The molecule has 0 spiro atoms. The predicted octanol–water partition coefficient (Wildman–Crippen LogP) is 2.68. The third-order valence-corrected chi connectivity index (χ3v) is 2.11. The summed E-state index contributed by atoms with van der Waals surface area (Å²) >= 11 is 0. The first-order valence-electron chi connectivity index (χ1n) is 4.73. The predicted molar refractivity (Wildman–Crippen MR) is 48.1 cm³/mol. The largest absolute Gasteiger partial charge is 0.466 e. The Labute approximate surface area is 115 Å². The van der Waals surface area contributed by atoms with Gasteiger partial charge in [-0.05, 0) is 0 Å². The van der Waals surface area contributed by atoms with Gasteiger partial charge in [-0.1, -0.05) is 6.58 Å². The molecular formula is C9H5F9O4. The van der Waals surface area contributed by atoms with Gasteiger partial charge in [0, 0.05) is 0 Å². The molecule has 0 aliphatic carbocycles. The Hall–Kier alpha value is -1.95. The summed E-state index contributed by atoms with van der Waals surface area (Å²) in [6.45, 7) is 1.97. The molecule has 0 aromatic carbocycles. The lowest BCUT2D eigenvalue weighted by molar-refractivity contribution is -0.358. The highest BCUT2D eigenvalue weighted by molar-refractivity contribution is 5.93. The van der Waals surface area contributed by atoms with E-state index >= 15 is 0 Å². The fraction of sp³-hybridized carbons (Fsp3) is 0.556. The Morgan fingerprint density at radius 3 is 1.45 bits per heavy atom. The molecule has 128 valence electrons. The quantitative estimate of drug-likeness (QED) is 0.447. The van der Waals surface area contributed by atoms with Crippen molar-refractivity contribution in [3.8, 4) is 0 Å². The minimum absolute atomic E-state index is 0.0843. The van der Waals surface area contributed by atoms with Crippen LogP contribution in [0.1, 0.15) is 0 Å². The van der Waals surface area contributed by atoms with Crippen LogP contribution in [0.5, 0.6) is 0 Å². The number of hydrogen-bond acceptors (Lipinski definition) is 4. The lowest BCUT2D eigenvalue weighted by atomic mass is 10.0. The molecule has 0 bridgehead atoms. The average Bonchev–Trinajstić information content (AvgIpc) is 2.29. The van der Waals surface area contributed by atoms with Crippen molar-refractivity contribution in [3.63, 3.8) is 0 Å². The zero-order valence-corrected chi connectivity index (χ0v) is 10.2. The van der Waals surface area contributed by atoms with Crippen LogP contribution in [0, 0.1) is 0 Å². The second-order valence-electron chi connectivity index (χ2n) is 3.53. The lowest BCUT2D eigenvalue weighted by Gasteiger charge is -2.33. The van der Waals surface area contributed by atoms with Crippen LogP contribution in [0.2, 0.25) is 0 Å². The van der Waals surface area contributed by atoms with Crippen LogP contribution in [0.3, 0.4) is 0 Å². The van der Waals surface area contributed by atoms with E-state index in [2.05, 4.69) is 9.47 Å². The van der Waals surface area contributed by atoms with E-state index in [0.29, 0.717) is 0 Å². The molecule has 0 saturated carbocycles. The van der Waals surface area contributed by atoms with Gasteiger partial charge in [0.15, 0.2) is 0 Å². The summed E-state index contributed by atoms with van der Waals surface area (Å²) in [5.41, 5.74) is -8.59. The molecule has 0 N–H and O–H groups in total. The van der Waals surface area contributed by atoms with Gasteiger partial charge in [-0.15, -0.1) is 0 Å². The first-order chi connectivity index (χ1) is 9.52. The molecule has 22 heavy (non-hydrogen) atoms. The number of carbonyl (C=O) groups is 2. The van der Waals surface area contributed by atoms with Crippen LogP contribution in [0.25, 0.3) is 0 Å². The third kappa shape index (κ3) is 3.44. The van der Waals surface area contributed by atoms with E-state index in [0.717, 1.165) is 0 Å². The van der Waals surface area contributed by atoms with Crippen molar-refractivity contribution >= 4 is 11.9 Å². The number of rotatable bonds is 3.